The maximum atomic E-state index is 11.8. The van der Waals surface area contributed by atoms with Gasteiger partial charge < -0.3 is 14.2 Å². The number of carbonyl (C=O) groups is 2. The van der Waals surface area contributed by atoms with Gasteiger partial charge in [-0.1, -0.05) is 58.9 Å². The molecule has 2 rings (SSSR count). The van der Waals surface area contributed by atoms with E-state index in [1.807, 2.05) is 64.1 Å². The molecule has 5 heteroatoms. The van der Waals surface area contributed by atoms with Crippen LogP contribution < -0.4 is 9.47 Å². The lowest BCUT2D eigenvalue weighted by Crippen LogP contribution is -2.06. The highest BCUT2D eigenvalue weighted by Crippen LogP contribution is 2.15. The van der Waals surface area contributed by atoms with Crippen molar-refractivity contribution in [2.45, 2.75) is 66.9 Å². The number of benzene rings is 2. The van der Waals surface area contributed by atoms with Crippen LogP contribution in [0.2, 0.25) is 0 Å². The van der Waals surface area contributed by atoms with Crippen LogP contribution >= 0.6 is 0 Å². The van der Waals surface area contributed by atoms with Crippen LogP contribution in [0.5, 0.6) is 11.5 Å². The molecule has 166 valence electrons. The van der Waals surface area contributed by atoms with Crippen molar-refractivity contribution in [1.29, 1.82) is 0 Å². The molecule has 0 aromatic heterocycles. The van der Waals surface area contributed by atoms with E-state index in [0.717, 1.165) is 23.3 Å². The van der Waals surface area contributed by atoms with Crippen molar-refractivity contribution in [3.8, 4) is 11.5 Å². The van der Waals surface area contributed by atoms with E-state index in [4.69, 9.17) is 14.2 Å². The smallest absolute Gasteiger partial charge is 0.310 e. The molecule has 0 fully saturated rings. The van der Waals surface area contributed by atoms with Gasteiger partial charge in [0.1, 0.15) is 18.1 Å². The third-order valence-corrected chi connectivity index (χ3v) is 3.85. The van der Waals surface area contributed by atoms with Crippen molar-refractivity contribution in [3.63, 3.8) is 0 Å². The zero-order valence-corrected chi connectivity index (χ0v) is 19.2. The fraction of sp³-hybridized carbons (Fsp3) is 0.440. The van der Waals surface area contributed by atoms with E-state index in [2.05, 4.69) is 0 Å². The average Bonchev–Trinajstić information content (AvgIpc) is 2.81. The maximum absolute atomic E-state index is 11.8. The van der Waals surface area contributed by atoms with E-state index in [9.17, 15) is 9.59 Å². The predicted molar refractivity (Wildman–Crippen MR) is 121 cm³/mol. The number of hydrogen-bond acceptors (Lipinski definition) is 5. The van der Waals surface area contributed by atoms with Gasteiger partial charge in [-0.25, -0.2) is 0 Å². The summed E-state index contributed by atoms with van der Waals surface area (Å²) in [4.78, 5) is 23.1. The fourth-order valence-corrected chi connectivity index (χ4v) is 2.32. The van der Waals surface area contributed by atoms with Crippen molar-refractivity contribution >= 4 is 11.9 Å². The Bertz CT molecular complexity index is 705. The van der Waals surface area contributed by atoms with Crippen molar-refractivity contribution in [2.24, 2.45) is 0 Å². The van der Waals surface area contributed by atoms with Crippen LogP contribution in [0.15, 0.2) is 48.5 Å². The molecule has 2 aromatic rings. The zero-order chi connectivity index (χ0) is 22.8. The molecule has 5 nitrogen and oxygen atoms in total. The molecule has 0 bridgehead atoms. The van der Waals surface area contributed by atoms with Gasteiger partial charge in [-0.3, -0.25) is 9.59 Å². The van der Waals surface area contributed by atoms with Crippen molar-refractivity contribution < 1.29 is 23.8 Å². The van der Waals surface area contributed by atoms with E-state index < -0.39 is 0 Å². The second-order valence-electron chi connectivity index (χ2n) is 5.83. The normalized spacial score (nSPS) is 9.27. The number of hydrogen-bond donors (Lipinski definition) is 0. The summed E-state index contributed by atoms with van der Waals surface area (Å²) in [5.74, 6) is 0.849. The summed E-state index contributed by atoms with van der Waals surface area (Å²) in [6.45, 7) is 10.0. The summed E-state index contributed by atoms with van der Waals surface area (Å²) >= 11 is 0. The highest BCUT2D eigenvalue weighted by Gasteiger charge is 2.05. The first-order chi connectivity index (χ1) is 14.6. The van der Waals surface area contributed by atoms with Gasteiger partial charge in [-0.15, -0.1) is 0 Å². The molecule has 2 aromatic carbocycles. The van der Waals surface area contributed by atoms with E-state index in [1.54, 1.807) is 26.2 Å². The Balaban J connectivity index is 0.00000198. The van der Waals surface area contributed by atoms with Gasteiger partial charge in [-0.2, -0.15) is 0 Å². The van der Waals surface area contributed by atoms with Gasteiger partial charge >= 0.3 is 11.9 Å². The molecular weight excluding hydrogens is 380 g/mol. The lowest BCUT2D eigenvalue weighted by Gasteiger charge is -2.07. The van der Waals surface area contributed by atoms with Crippen molar-refractivity contribution in [3.05, 3.63) is 59.7 Å². The predicted octanol–water partition coefficient (Wildman–Crippen LogP) is 6.13. The minimum atomic E-state index is -0.252. The SMILES string of the molecule is CC.CC.CCC(=O)Oc1ccc(CCCC(=O)OCc2ccc(OC)cc2)cc1. The minimum absolute atomic E-state index is 0.214. The molecule has 0 saturated carbocycles. The second-order valence-corrected chi connectivity index (χ2v) is 5.83. The lowest BCUT2D eigenvalue weighted by molar-refractivity contribution is -0.145. The first-order valence-electron chi connectivity index (χ1n) is 10.7. The summed E-state index contributed by atoms with van der Waals surface area (Å²) in [6.07, 6.45) is 2.18. The van der Waals surface area contributed by atoms with Gasteiger partial charge in [0.25, 0.3) is 0 Å². The Kier molecular flexibility index (Phi) is 15.5. The third-order valence-electron chi connectivity index (χ3n) is 3.85. The largest absolute Gasteiger partial charge is 0.497 e. The van der Waals surface area contributed by atoms with E-state index in [0.29, 0.717) is 25.0 Å². The quantitative estimate of drug-likeness (QED) is 0.363. The van der Waals surface area contributed by atoms with Crippen LogP contribution in [0.3, 0.4) is 0 Å². The molecule has 30 heavy (non-hydrogen) atoms. The summed E-state index contributed by atoms with van der Waals surface area (Å²) in [5.41, 5.74) is 2.01. The number of rotatable bonds is 9. The lowest BCUT2D eigenvalue weighted by atomic mass is 10.1. The summed E-state index contributed by atoms with van der Waals surface area (Å²) in [7, 11) is 1.61. The molecule has 0 amide bonds. The minimum Gasteiger partial charge on any atom is -0.497 e. The molecule has 0 radical (unpaired) electrons. The monoisotopic (exact) mass is 416 g/mol. The molecule has 0 unspecified atom stereocenters. The first kappa shape index (κ1) is 27.2. The van der Waals surface area contributed by atoms with E-state index in [1.165, 1.54) is 0 Å². The second kappa shape index (κ2) is 17.1. The fourth-order valence-electron chi connectivity index (χ4n) is 2.32. The number of methoxy groups -OCH3 is 1. The molecule has 0 spiro atoms. The van der Waals surface area contributed by atoms with Gasteiger partial charge in [0.15, 0.2) is 0 Å². The van der Waals surface area contributed by atoms with Gasteiger partial charge in [0.05, 0.1) is 7.11 Å². The topological polar surface area (TPSA) is 61.8 Å². The Morgan fingerprint density at radius 2 is 1.30 bits per heavy atom. The molecule has 0 aliphatic rings. The third kappa shape index (κ3) is 11.2. The van der Waals surface area contributed by atoms with Gasteiger partial charge in [0.2, 0.25) is 0 Å². The number of esters is 2. The molecule has 0 aliphatic carbocycles. The maximum Gasteiger partial charge on any atom is 0.310 e. The van der Waals surface area contributed by atoms with Crippen LogP contribution in [-0.2, 0) is 27.4 Å². The highest BCUT2D eigenvalue weighted by atomic mass is 16.5. The Morgan fingerprint density at radius 1 is 0.767 bits per heavy atom. The molecule has 0 heterocycles. The van der Waals surface area contributed by atoms with Crippen molar-refractivity contribution in [2.75, 3.05) is 7.11 Å². The molecule has 0 N–H and O–H groups in total. The summed E-state index contributed by atoms with van der Waals surface area (Å²) in [6, 6.07) is 14.8. The first-order valence-corrected chi connectivity index (χ1v) is 10.7. The van der Waals surface area contributed by atoms with Crippen LogP contribution in [0.4, 0.5) is 0 Å². The van der Waals surface area contributed by atoms with Crippen molar-refractivity contribution in [1.82, 2.24) is 0 Å². The average molecular weight is 417 g/mol. The zero-order valence-electron chi connectivity index (χ0n) is 19.2. The van der Waals surface area contributed by atoms with Crippen LogP contribution in [0, 0.1) is 0 Å². The number of aryl methyl sites for hydroxylation is 1. The van der Waals surface area contributed by atoms with Crippen LogP contribution in [0.25, 0.3) is 0 Å². The Labute approximate surface area is 181 Å². The molecular formula is C25H36O5. The summed E-state index contributed by atoms with van der Waals surface area (Å²) in [5, 5.41) is 0. The molecule has 0 aliphatic heterocycles. The van der Waals surface area contributed by atoms with Gasteiger partial charge in [0, 0.05) is 12.8 Å². The molecule has 0 saturated heterocycles. The number of ether oxygens (including phenoxy) is 3. The summed E-state index contributed by atoms with van der Waals surface area (Å²) < 4.78 is 15.5. The van der Waals surface area contributed by atoms with Gasteiger partial charge in [-0.05, 0) is 48.2 Å². The van der Waals surface area contributed by atoms with Crippen LogP contribution in [-0.4, -0.2) is 19.0 Å². The molecule has 0 atom stereocenters. The van der Waals surface area contributed by atoms with E-state index >= 15 is 0 Å². The van der Waals surface area contributed by atoms with E-state index in [-0.39, 0.29) is 18.5 Å². The standard InChI is InChI=1S/C21H24O5.2C2H6/c1-3-20(22)26-19-13-7-16(8-14-19)5-4-6-21(23)25-15-17-9-11-18(24-2)12-10-17;2*1-2/h7-14H,3-6,15H2,1-2H3;2*1-2H3. The highest BCUT2D eigenvalue weighted by molar-refractivity contribution is 5.71. The van der Waals surface area contributed by atoms with Crippen LogP contribution in [0.1, 0.15) is 65.0 Å². The Morgan fingerprint density at radius 3 is 1.83 bits per heavy atom. The Hall–Kier alpha value is -2.82. The number of carbonyl (C=O) groups excluding carboxylic acids is 2.